The molecule has 0 bridgehead atoms. The van der Waals surface area contributed by atoms with Crippen molar-refractivity contribution in [2.24, 2.45) is 0 Å². The normalized spacial score (nSPS) is 18.8. The van der Waals surface area contributed by atoms with Crippen molar-refractivity contribution in [3.63, 3.8) is 0 Å². The molecule has 0 aromatic carbocycles. The Hall–Kier alpha value is -1.69. The van der Waals surface area contributed by atoms with Gasteiger partial charge in [0.1, 0.15) is 12.0 Å². The number of nitrogens with zero attached hydrogens (tertiary/aromatic N) is 3. The van der Waals surface area contributed by atoms with Gasteiger partial charge in [-0.05, 0) is 39.3 Å². The first-order valence-corrected chi connectivity index (χ1v) is 7.21. The van der Waals surface area contributed by atoms with Crippen LogP contribution in [0.2, 0.25) is 0 Å². The lowest BCUT2D eigenvalue weighted by atomic mass is 10.0. The second kappa shape index (κ2) is 6.65. The van der Waals surface area contributed by atoms with E-state index >= 15 is 0 Å². The minimum atomic E-state index is -0.384. The Balaban J connectivity index is 2.10. The van der Waals surface area contributed by atoms with Crippen LogP contribution in [0.5, 0.6) is 0 Å². The van der Waals surface area contributed by atoms with Gasteiger partial charge in [0.25, 0.3) is 5.69 Å². The second-order valence-electron chi connectivity index (χ2n) is 5.27. The molecular formula is C14H22N4O2. The fourth-order valence-corrected chi connectivity index (χ4v) is 2.63. The van der Waals surface area contributed by atoms with Crippen LogP contribution in [0, 0.1) is 17.0 Å². The van der Waals surface area contributed by atoms with Crippen LogP contribution < -0.4 is 10.2 Å². The Morgan fingerprint density at radius 2 is 2.35 bits per heavy atom. The number of pyridine rings is 1. The second-order valence-corrected chi connectivity index (χ2v) is 5.27. The summed E-state index contributed by atoms with van der Waals surface area (Å²) in [5, 5.41) is 14.4. The number of piperidine rings is 1. The van der Waals surface area contributed by atoms with E-state index in [4.69, 9.17) is 0 Å². The number of hydrogen-bond donors (Lipinski definition) is 1. The topological polar surface area (TPSA) is 71.3 Å². The van der Waals surface area contributed by atoms with Crippen LogP contribution in [0.4, 0.5) is 11.5 Å². The number of hydrogen-bond acceptors (Lipinski definition) is 5. The third-order valence-electron chi connectivity index (χ3n) is 3.82. The maximum absolute atomic E-state index is 10.8. The van der Waals surface area contributed by atoms with Gasteiger partial charge in [0.15, 0.2) is 0 Å². The summed E-state index contributed by atoms with van der Waals surface area (Å²) in [6.07, 6.45) is 5.06. The quantitative estimate of drug-likeness (QED) is 0.661. The number of likely N-dealkylation sites (N-methyl/N-ethyl adjacent to an activating group) is 1. The van der Waals surface area contributed by atoms with E-state index < -0.39 is 0 Å². The predicted molar refractivity (Wildman–Crippen MR) is 79.2 cm³/mol. The molecule has 1 aliphatic heterocycles. The molecule has 0 saturated carbocycles. The van der Waals surface area contributed by atoms with Crippen molar-refractivity contribution in [1.29, 1.82) is 0 Å². The van der Waals surface area contributed by atoms with Gasteiger partial charge in [0, 0.05) is 24.7 Å². The molecule has 6 heteroatoms. The summed E-state index contributed by atoms with van der Waals surface area (Å²) in [7, 11) is 0. The van der Waals surface area contributed by atoms with Gasteiger partial charge in [-0.1, -0.05) is 6.42 Å². The van der Waals surface area contributed by atoms with E-state index in [1.54, 1.807) is 6.92 Å². The fraction of sp³-hybridized carbons (Fsp3) is 0.643. The molecule has 1 aromatic heterocycles. The zero-order valence-corrected chi connectivity index (χ0v) is 12.1. The average Bonchev–Trinajstić information content (AvgIpc) is 2.45. The van der Waals surface area contributed by atoms with Gasteiger partial charge in [0.05, 0.1) is 4.92 Å². The molecule has 1 fully saturated rings. The van der Waals surface area contributed by atoms with Crippen LogP contribution in [0.25, 0.3) is 0 Å². The van der Waals surface area contributed by atoms with Crippen molar-refractivity contribution < 1.29 is 4.92 Å². The molecule has 0 spiro atoms. The molecule has 1 aliphatic rings. The molecule has 1 saturated heterocycles. The van der Waals surface area contributed by atoms with Crippen molar-refractivity contribution >= 4 is 11.5 Å². The zero-order valence-electron chi connectivity index (χ0n) is 12.1. The summed E-state index contributed by atoms with van der Waals surface area (Å²) in [5.74, 6) is 0.822. The van der Waals surface area contributed by atoms with Crippen molar-refractivity contribution in [3.8, 4) is 0 Å². The van der Waals surface area contributed by atoms with E-state index in [0.29, 0.717) is 11.6 Å². The first-order valence-electron chi connectivity index (χ1n) is 7.21. The summed E-state index contributed by atoms with van der Waals surface area (Å²) >= 11 is 0. The number of aryl methyl sites for hydroxylation is 1. The van der Waals surface area contributed by atoms with Crippen LogP contribution >= 0.6 is 0 Å². The highest BCUT2D eigenvalue weighted by molar-refractivity contribution is 5.48. The molecular weight excluding hydrogens is 256 g/mol. The lowest BCUT2D eigenvalue weighted by Crippen LogP contribution is -2.44. The molecule has 2 rings (SSSR count). The van der Waals surface area contributed by atoms with Gasteiger partial charge >= 0.3 is 0 Å². The fourth-order valence-electron chi connectivity index (χ4n) is 2.63. The molecule has 1 unspecified atom stereocenters. The standard InChI is InChI=1S/C14H22N4O2/c1-3-17(10-12-6-4-5-7-15-12)14-8-11(2)13(9-16-14)18(19)20/h8-9,12,15H,3-7,10H2,1-2H3. The molecule has 1 N–H and O–H groups in total. The number of anilines is 1. The summed E-state index contributed by atoms with van der Waals surface area (Å²) in [4.78, 5) is 16.9. The average molecular weight is 278 g/mol. The molecule has 1 atom stereocenters. The lowest BCUT2D eigenvalue weighted by Gasteiger charge is -2.30. The first kappa shape index (κ1) is 14.7. The molecule has 6 nitrogen and oxygen atoms in total. The van der Waals surface area contributed by atoms with Gasteiger partial charge in [-0.15, -0.1) is 0 Å². The molecule has 2 heterocycles. The summed E-state index contributed by atoms with van der Waals surface area (Å²) in [5.41, 5.74) is 0.746. The van der Waals surface area contributed by atoms with E-state index in [2.05, 4.69) is 22.1 Å². The zero-order chi connectivity index (χ0) is 14.5. The van der Waals surface area contributed by atoms with E-state index in [1.165, 1.54) is 25.5 Å². The van der Waals surface area contributed by atoms with Crippen molar-refractivity contribution in [3.05, 3.63) is 27.9 Å². The van der Waals surface area contributed by atoms with Gasteiger partial charge in [-0.3, -0.25) is 10.1 Å². The largest absolute Gasteiger partial charge is 0.355 e. The van der Waals surface area contributed by atoms with Crippen LogP contribution in [-0.4, -0.2) is 35.6 Å². The number of rotatable bonds is 5. The Kier molecular flexibility index (Phi) is 4.89. The summed E-state index contributed by atoms with van der Waals surface area (Å²) in [6, 6.07) is 2.30. The Labute approximate surface area is 119 Å². The van der Waals surface area contributed by atoms with Crippen LogP contribution in [0.15, 0.2) is 12.3 Å². The minimum Gasteiger partial charge on any atom is -0.355 e. The van der Waals surface area contributed by atoms with Crippen LogP contribution in [0.3, 0.4) is 0 Å². The summed E-state index contributed by atoms with van der Waals surface area (Å²) in [6.45, 7) is 6.68. The van der Waals surface area contributed by atoms with Gasteiger partial charge in [0.2, 0.25) is 0 Å². The van der Waals surface area contributed by atoms with E-state index in [9.17, 15) is 10.1 Å². The SMILES string of the molecule is CCN(CC1CCCCN1)c1cc(C)c([N+](=O)[O-])cn1. The molecule has 0 radical (unpaired) electrons. The molecule has 1 aromatic rings. The maximum atomic E-state index is 10.8. The highest BCUT2D eigenvalue weighted by Gasteiger charge is 2.19. The first-order chi connectivity index (χ1) is 9.61. The lowest BCUT2D eigenvalue weighted by molar-refractivity contribution is -0.385. The molecule has 0 amide bonds. The van der Waals surface area contributed by atoms with Crippen molar-refractivity contribution in [2.75, 3.05) is 24.5 Å². The van der Waals surface area contributed by atoms with Gasteiger partial charge in [-0.2, -0.15) is 0 Å². The van der Waals surface area contributed by atoms with Crippen molar-refractivity contribution in [1.82, 2.24) is 10.3 Å². The van der Waals surface area contributed by atoms with Crippen LogP contribution in [-0.2, 0) is 0 Å². The predicted octanol–water partition coefficient (Wildman–Crippen LogP) is 2.27. The van der Waals surface area contributed by atoms with Crippen molar-refractivity contribution in [2.45, 2.75) is 39.2 Å². The Morgan fingerprint density at radius 3 is 2.90 bits per heavy atom. The smallest absolute Gasteiger partial charge is 0.290 e. The van der Waals surface area contributed by atoms with E-state index in [0.717, 1.165) is 25.5 Å². The number of nitro groups is 1. The Morgan fingerprint density at radius 1 is 1.55 bits per heavy atom. The number of aromatic nitrogens is 1. The van der Waals surface area contributed by atoms with E-state index in [-0.39, 0.29) is 10.6 Å². The molecule has 0 aliphatic carbocycles. The van der Waals surface area contributed by atoms with Crippen LogP contribution in [0.1, 0.15) is 31.7 Å². The third-order valence-corrected chi connectivity index (χ3v) is 3.82. The number of nitrogens with one attached hydrogen (secondary N) is 1. The minimum absolute atomic E-state index is 0.0839. The maximum Gasteiger partial charge on any atom is 0.290 e. The molecule has 20 heavy (non-hydrogen) atoms. The van der Waals surface area contributed by atoms with Gasteiger partial charge in [-0.25, -0.2) is 4.98 Å². The Bertz CT molecular complexity index is 472. The van der Waals surface area contributed by atoms with Gasteiger partial charge < -0.3 is 10.2 Å². The molecule has 110 valence electrons. The third kappa shape index (κ3) is 3.45. The highest BCUT2D eigenvalue weighted by atomic mass is 16.6. The highest BCUT2D eigenvalue weighted by Crippen LogP contribution is 2.22. The van der Waals surface area contributed by atoms with E-state index in [1.807, 2.05) is 6.07 Å². The summed E-state index contributed by atoms with van der Waals surface area (Å²) < 4.78 is 0. The monoisotopic (exact) mass is 278 g/mol.